The number of halogens is 4. The third-order valence-electron chi connectivity index (χ3n) is 2.80. The minimum atomic E-state index is -1.84. The van der Waals surface area contributed by atoms with Gasteiger partial charge in [-0.1, -0.05) is 12.1 Å². The van der Waals surface area contributed by atoms with Crippen LogP contribution in [0.1, 0.15) is 0 Å². The molecule has 19 heavy (non-hydrogen) atoms. The largest absolute Gasteiger partial charge is 0.296 e. The summed E-state index contributed by atoms with van der Waals surface area (Å²) in [5, 5.41) is 0. The second-order valence-electron chi connectivity index (χ2n) is 3.92. The Hall–Kier alpha value is -2.37. The second-order valence-corrected chi connectivity index (χ2v) is 3.92. The lowest BCUT2D eigenvalue weighted by molar-refractivity contribution is 0.407. The lowest BCUT2D eigenvalue weighted by Crippen LogP contribution is -2.04. The summed E-state index contributed by atoms with van der Waals surface area (Å²) in [6, 6.07) is 7.28. The van der Waals surface area contributed by atoms with Gasteiger partial charge in [0.15, 0.2) is 23.3 Å². The maximum absolute atomic E-state index is 13.7. The van der Waals surface area contributed by atoms with Crippen LogP contribution in [0.15, 0.2) is 36.7 Å². The van der Waals surface area contributed by atoms with E-state index in [9.17, 15) is 17.6 Å². The Balaban J connectivity index is 2.34. The summed E-state index contributed by atoms with van der Waals surface area (Å²) >= 11 is 0. The van der Waals surface area contributed by atoms with Crippen LogP contribution in [0.5, 0.6) is 0 Å². The number of para-hydroxylation sites is 2. The first-order valence-corrected chi connectivity index (χ1v) is 5.35. The molecule has 0 radical (unpaired) electrons. The van der Waals surface area contributed by atoms with E-state index in [2.05, 4.69) is 4.98 Å². The van der Waals surface area contributed by atoms with Gasteiger partial charge < -0.3 is 0 Å². The van der Waals surface area contributed by atoms with Crippen LogP contribution in [0.3, 0.4) is 0 Å². The van der Waals surface area contributed by atoms with Crippen molar-refractivity contribution in [2.45, 2.75) is 0 Å². The third kappa shape index (κ3) is 1.68. The zero-order valence-corrected chi connectivity index (χ0v) is 9.37. The second kappa shape index (κ2) is 4.08. The highest BCUT2D eigenvalue weighted by Crippen LogP contribution is 2.25. The fraction of sp³-hybridized carbons (Fsp3) is 0. The first kappa shape index (κ1) is 11.7. The SMILES string of the molecule is Fc1cc(-n2cnc3ccccc32)c(F)c(F)c1F. The zero-order chi connectivity index (χ0) is 13.6. The Morgan fingerprint density at radius 2 is 1.63 bits per heavy atom. The summed E-state index contributed by atoms with van der Waals surface area (Å²) in [5.74, 6) is -6.58. The summed E-state index contributed by atoms with van der Waals surface area (Å²) in [6.07, 6.45) is 1.22. The van der Waals surface area contributed by atoms with Gasteiger partial charge in [0.1, 0.15) is 6.33 Å². The predicted molar refractivity (Wildman–Crippen MR) is 60.9 cm³/mol. The van der Waals surface area contributed by atoms with Gasteiger partial charge in [-0.25, -0.2) is 22.5 Å². The quantitative estimate of drug-likeness (QED) is 0.374. The molecule has 2 aromatic carbocycles. The van der Waals surface area contributed by atoms with E-state index >= 15 is 0 Å². The number of hydrogen-bond acceptors (Lipinski definition) is 1. The number of fused-ring (bicyclic) bond motifs is 1. The first-order chi connectivity index (χ1) is 9.09. The number of rotatable bonds is 1. The molecule has 3 rings (SSSR count). The van der Waals surface area contributed by atoms with Gasteiger partial charge in [-0.05, 0) is 12.1 Å². The highest BCUT2D eigenvalue weighted by atomic mass is 19.2. The van der Waals surface area contributed by atoms with E-state index in [1.54, 1.807) is 24.3 Å². The number of benzene rings is 2. The Morgan fingerprint density at radius 1 is 0.895 bits per heavy atom. The monoisotopic (exact) mass is 266 g/mol. The van der Waals surface area contributed by atoms with Crippen molar-refractivity contribution < 1.29 is 17.6 Å². The Morgan fingerprint density at radius 3 is 2.42 bits per heavy atom. The highest BCUT2D eigenvalue weighted by molar-refractivity contribution is 5.77. The molecule has 2 nitrogen and oxygen atoms in total. The molecule has 1 aromatic heterocycles. The molecule has 96 valence electrons. The fourth-order valence-electron chi connectivity index (χ4n) is 1.89. The van der Waals surface area contributed by atoms with Crippen molar-refractivity contribution in [2.75, 3.05) is 0 Å². The average Bonchev–Trinajstić information content (AvgIpc) is 2.84. The predicted octanol–water partition coefficient (Wildman–Crippen LogP) is 3.58. The Bertz CT molecular complexity index is 780. The average molecular weight is 266 g/mol. The Labute approximate surface area is 104 Å². The number of imidazole rings is 1. The summed E-state index contributed by atoms with van der Waals surface area (Å²) in [7, 11) is 0. The van der Waals surface area contributed by atoms with Crippen LogP contribution in [0, 0.1) is 23.3 Å². The first-order valence-electron chi connectivity index (χ1n) is 5.35. The van der Waals surface area contributed by atoms with Crippen molar-refractivity contribution in [1.82, 2.24) is 9.55 Å². The normalized spacial score (nSPS) is 11.2. The van der Waals surface area contributed by atoms with E-state index in [1.165, 1.54) is 6.33 Å². The summed E-state index contributed by atoms with van der Waals surface area (Å²) in [4.78, 5) is 3.98. The number of hydrogen-bond donors (Lipinski definition) is 0. The minimum Gasteiger partial charge on any atom is -0.296 e. The molecular weight excluding hydrogens is 260 g/mol. The molecule has 0 N–H and O–H groups in total. The van der Waals surface area contributed by atoms with Gasteiger partial charge in [0, 0.05) is 6.07 Å². The van der Waals surface area contributed by atoms with Gasteiger partial charge in [-0.15, -0.1) is 0 Å². The molecule has 0 atom stereocenters. The summed E-state index contributed by atoms with van der Waals surface area (Å²) in [6.45, 7) is 0. The van der Waals surface area contributed by atoms with E-state index in [1.807, 2.05) is 0 Å². The van der Waals surface area contributed by atoms with Gasteiger partial charge in [-0.2, -0.15) is 0 Å². The molecule has 0 amide bonds. The van der Waals surface area contributed by atoms with Crippen LogP contribution in [-0.4, -0.2) is 9.55 Å². The van der Waals surface area contributed by atoms with E-state index in [-0.39, 0.29) is 0 Å². The molecular formula is C13H6F4N2. The lowest BCUT2D eigenvalue weighted by Gasteiger charge is -2.07. The Kier molecular flexibility index (Phi) is 2.51. The third-order valence-corrected chi connectivity index (χ3v) is 2.80. The zero-order valence-electron chi connectivity index (χ0n) is 9.37. The molecule has 3 aromatic rings. The van der Waals surface area contributed by atoms with Crippen LogP contribution < -0.4 is 0 Å². The van der Waals surface area contributed by atoms with E-state index < -0.39 is 29.0 Å². The molecule has 0 aliphatic heterocycles. The molecule has 0 aliphatic rings. The van der Waals surface area contributed by atoms with Crippen LogP contribution in [0.2, 0.25) is 0 Å². The van der Waals surface area contributed by atoms with Crippen LogP contribution >= 0.6 is 0 Å². The van der Waals surface area contributed by atoms with Gasteiger partial charge in [0.25, 0.3) is 0 Å². The van der Waals surface area contributed by atoms with Gasteiger partial charge in [0.2, 0.25) is 0 Å². The van der Waals surface area contributed by atoms with E-state index in [0.29, 0.717) is 17.1 Å². The van der Waals surface area contributed by atoms with Gasteiger partial charge >= 0.3 is 0 Å². The summed E-state index contributed by atoms with van der Waals surface area (Å²) in [5.41, 5.74) is 0.573. The van der Waals surface area contributed by atoms with Crippen molar-refractivity contribution in [3.63, 3.8) is 0 Å². The van der Waals surface area contributed by atoms with Crippen molar-refractivity contribution in [2.24, 2.45) is 0 Å². The maximum Gasteiger partial charge on any atom is 0.199 e. The standard InChI is InChI=1S/C13H6F4N2/c14-7-5-10(12(16)13(17)11(7)15)19-6-18-8-3-1-2-4-9(8)19/h1-6H. The van der Waals surface area contributed by atoms with Gasteiger partial charge in [-0.3, -0.25) is 4.57 Å². The van der Waals surface area contributed by atoms with Crippen LogP contribution in [-0.2, 0) is 0 Å². The van der Waals surface area contributed by atoms with Crippen LogP contribution in [0.25, 0.3) is 16.7 Å². The fourth-order valence-corrected chi connectivity index (χ4v) is 1.89. The topological polar surface area (TPSA) is 17.8 Å². The molecule has 0 unspecified atom stereocenters. The molecule has 0 bridgehead atoms. The van der Waals surface area contributed by atoms with Crippen molar-refractivity contribution >= 4 is 11.0 Å². The van der Waals surface area contributed by atoms with Crippen molar-refractivity contribution in [3.8, 4) is 5.69 Å². The van der Waals surface area contributed by atoms with Crippen molar-refractivity contribution in [3.05, 3.63) is 59.9 Å². The molecule has 0 aliphatic carbocycles. The molecule has 0 fully saturated rings. The molecule has 0 spiro atoms. The van der Waals surface area contributed by atoms with Crippen LogP contribution in [0.4, 0.5) is 17.6 Å². The van der Waals surface area contributed by atoms with E-state index in [4.69, 9.17) is 0 Å². The smallest absolute Gasteiger partial charge is 0.199 e. The highest BCUT2D eigenvalue weighted by Gasteiger charge is 2.20. The minimum absolute atomic E-state index is 0.426. The van der Waals surface area contributed by atoms with Crippen molar-refractivity contribution in [1.29, 1.82) is 0 Å². The maximum atomic E-state index is 13.7. The molecule has 1 heterocycles. The number of nitrogens with zero attached hydrogens (tertiary/aromatic N) is 2. The number of aromatic nitrogens is 2. The molecule has 6 heteroatoms. The lowest BCUT2D eigenvalue weighted by atomic mass is 10.2. The van der Waals surface area contributed by atoms with E-state index in [0.717, 1.165) is 4.57 Å². The molecule has 0 saturated heterocycles. The summed E-state index contributed by atoms with van der Waals surface area (Å²) < 4.78 is 54.2. The molecule has 0 saturated carbocycles. The van der Waals surface area contributed by atoms with Gasteiger partial charge in [0.05, 0.1) is 16.7 Å².